The molecular weight excluding hydrogens is 394 g/mol. The number of guanidine groups is 1. The van der Waals surface area contributed by atoms with Gasteiger partial charge in [-0.15, -0.1) is 0 Å². The topological polar surface area (TPSA) is 67.9 Å². The van der Waals surface area contributed by atoms with E-state index in [0.29, 0.717) is 18.9 Å². The molecule has 0 radical (unpaired) electrons. The number of carbonyl (C=O) groups excluding carboxylic acids is 1. The molecule has 0 bridgehead atoms. The molecule has 0 saturated carbocycles. The minimum atomic E-state index is -0.990. The van der Waals surface area contributed by atoms with E-state index in [2.05, 4.69) is 28.1 Å². The van der Waals surface area contributed by atoms with Crippen molar-refractivity contribution in [2.45, 2.75) is 37.8 Å². The van der Waals surface area contributed by atoms with Gasteiger partial charge in [-0.3, -0.25) is 9.69 Å². The van der Waals surface area contributed by atoms with E-state index in [0.717, 1.165) is 28.6 Å². The summed E-state index contributed by atoms with van der Waals surface area (Å²) in [6.45, 7) is 2.61. The molecule has 1 spiro atoms. The highest BCUT2D eigenvalue weighted by Crippen LogP contribution is 2.48. The molecule has 1 aromatic rings. The van der Waals surface area contributed by atoms with Crippen LogP contribution in [0, 0.1) is 5.92 Å². The SMILES string of the molecule is CCCN1C(=O)[C@@]2(C[C@H](C3C=CC=CC3)Oc3ccc(Br)cc32)N=C1N. The Morgan fingerprint density at radius 1 is 1.42 bits per heavy atom. The number of hydrogen-bond donors (Lipinski definition) is 1. The van der Waals surface area contributed by atoms with Gasteiger partial charge in [-0.25, -0.2) is 4.99 Å². The van der Waals surface area contributed by atoms with E-state index >= 15 is 0 Å². The maximum atomic E-state index is 13.4. The van der Waals surface area contributed by atoms with Crippen molar-refractivity contribution in [3.63, 3.8) is 0 Å². The Kier molecular flexibility index (Phi) is 4.39. The van der Waals surface area contributed by atoms with Gasteiger partial charge in [-0.05, 0) is 31.0 Å². The van der Waals surface area contributed by atoms with Crippen LogP contribution in [0.2, 0.25) is 0 Å². The molecule has 3 aliphatic rings. The number of amides is 1. The molecule has 2 heterocycles. The quantitative estimate of drug-likeness (QED) is 0.820. The van der Waals surface area contributed by atoms with Crippen molar-refractivity contribution in [2.24, 2.45) is 16.6 Å². The first-order valence-corrected chi connectivity index (χ1v) is 9.82. The van der Waals surface area contributed by atoms with Crippen LogP contribution in [-0.2, 0) is 10.3 Å². The van der Waals surface area contributed by atoms with Crippen LogP contribution in [0.25, 0.3) is 0 Å². The zero-order chi connectivity index (χ0) is 18.3. The fourth-order valence-corrected chi connectivity index (χ4v) is 4.39. The number of halogens is 1. The minimum Gasteiger partial charge on any atom is -0.489 e. The summed E-state index contributed by atoms with van der Waals surface area (Å²) in [6, 6.07) is 5.78. The number of allylic oxidation sites excluding steroid dienone is 3. The van der Waals surface area contributed by atoms with E-state index in [1.54, 1.807) is 4.90 Å². The highest BCUT2D eigenvalue weighted by molar-refractivity contribution is 9.10. The maximum Gasteiger partial charge on any atom is 0.262 e. The number of ether oxygens (including phenoxy) is 1. The van der Waals surface area contributed by atoms with Gasteiger partial charge in [0.2, 0.25) is 0 Å². The number of aliphatic imine (C=N–C) groups is 1. The summed E-state index contributed by atoms with van der Waals surface area (Å²) < 4.78 is 7.20. The first kappa shape index (κ1) is 17.3. The van der Waals surface area contributed by atoms with Crippen LogP contribution in [0.15, 0.2) is 52.0 Å². The lowest BCUT2D eigenvalue weighted by Gasteiger charge is -2.39. The van der Waals surface area contributed by atoms with Crippen molar-refractivity contribution >= 4 is 27.8 Å². The number of benzene rings is 1. The van der Waals surface area contributed by atoms with E-state index < -0.39 is 5.54 Å². The van der Waals surface area contributed by atoms with Crippen LogP contribution >= 0.6 is 15.9 Å². The minimum absolute atomic E-state index is 0.0418. The lowest BCUT2D eigenvalue weighted by molar-refractivity contribution is -0.133. The van der Waals surface area contributed by atoms with E-state index in [1.165, 1.54) is 0 Å². The van der Waals surface area contributed by atoms with Crippen LogP contribution in [0.1, 0.15) is 31.7 Å². The van der Waals surface area contributed by atoms with Gasteiger partial charge in [0.1, 0.15) is 11.9 Å². The number of carbonyl (C=O) groups is 1. The monoisotopic (exact) mass is 415 g/mol. The summed E-state index contributed by atoms with van der Waals surface area (Å²) in [4.78, 5) is 19.7. The fraction of sp³-hybridized carbons (Fsp3) is 0.400. The molecule has 1 unspecified atom stereocenters. The molecule has 0 aromatic heterocycles. The molecule has 1 aromatic carbocycles. The third-order valence-electron chi connectivity index (χ3n) is 5.28. The van der Waals surface area contributed by atoms with Crippen LogP contribution < -0.4 is 10.5 Å². The Morgan fingerprint density at radius 2 is 2.27 bits per heavy atom. The molecule has 136 valence electrons. The van der Waals surface area contributed by atoms with Gasteiger partial charge in [0.25, 0.3) is 5.91 Å². The molecule has 26 heavy (non-hydrogen) atoms. The molecule has 2 aliphatic heterocycles. The number of fused-ring (bicyclic) bond motifs is 2. The number of hydrogen-bond acceptors (Lipinski definition) is 4. The molecule has 1 amide bonds. The molecule has 3 atom stereocenters. The van der Waals surface area contributed by atoms with Crippen molar-refractivity contribution in [1.29, 1.82) is 0 Å². The third-order valence-corrected chi connectivity index (χ3v) is 5.77. The van der Waals surface area contributed by atoms with Crippen molar-refractivity contribution in [2.75, 3.05) is 6.54 Å². The summed E-state index contributed by atoms with van der Waals surface area (Å²) in [5.41, 5.74) is 5.96. The number of rotatable bonds is 3. The molecule has 2 N–H and O–H groups in total. The van der Waals surface area contributed by atoms with Crippen molar-refractivity contribution in [1.82, 2.24) is 4.90 Å². The Bertz CT molecular complexity index is 832. The lowest BCUT2D eigenvalue weighted by Crippen LogP contribution is -2.48. The van der Waals surface area contributed by atoms with Gasteiger partial charge in [0, 0.05) is 28.9 Å². The van der Waals surface area contributed by atoms with Crippen LogP contribution in [0.5, 0.6) is 5.75 Å². The van der Waals surface area contributed by atoms with Gasteiger partial charge in [0.05, 0.1) is 0 Å². The van der Waals surface area contributed by atoms with E-state index in [4.69, 9.17) is 15.5 Å². The summed E-state index contributed by atoms with van der Waals surface area (Å²) in [5, 5.41) is 0. The normalized spacial score (nSPS) is 29.7. The Labute approximate surface area is 161 Å². The highest BCUT2D eigenvalue weighted by atomic mass is 79.9. The molecule has 4 rings (SSSR count). The maximum absolute atomic E-state index is 13.4. The zero-order valence-electron chi connectivity index (χ0n) is 14.7. The van der Waals surface area contributed by atoms with Crippen LogP contribution in [0.3, 0.4) is 0 Å². The Hall–Kier alpha value is -2.08. The first-order chi connectivity index (χ1) is 12.5. The molecule has 6 heteroatoms. The first-order valence-electron chi connectivity index (χ1n) is 9.02. The predicted octanol–water partition coefficient (Wildman–Crippen LogP) is 3.49. The van der Waals surface area contributed by atoms with E-state index in [9.17, 15) is 4.79 Å². The summed E-state index contributed by atoms with van der Waals surface area (Å²) in [5.74, 6) is 1.20. The number of nitrogens with zero attached hydrogens (tertiary/aromatic N) is 2. The summed E-state index contributed by atoms with van der Waals surface area (Å²) in [7, 11) is 0. The summed E-state index contributed by atoms with van der Waals surface area (Å²) in [6.07, 6.45) is 10.5. The average Bonchev–Trinajstić information content (AvgIpc) is 2.88. The van der Waals surface area contributed by atoms with Gasteiger partial charge in [-0.1, -0.05) is 47.2 Å². The second-order valence-corrected chi connectivity index (χ2v) is 7.92. The van der Waals surface area contributed by atoms with E-state index in [-0.39, 0.29) is 17.9 Å². The van der Waals surface area contributed by atoms with Crippen LogP contribution in [-0.4, -0.2) is 29.4 Å². The van der Waals surface area contributed by atoms with Crippen LogP contribution in [0.4, 0.5) is 0 Å². The molecule has 1 aliphatic carbocycles. The summed E-state index contributed by atoms with van der Waals surface area (Å²) >= 11 is 3.51. The van der Waals surface area contributed by atoms with Crippen molar-refractivity contribution < 1.29 is 9.53 Å². The van der Waals surface area contributed by atoms with Gasteiger partial charge in [-0.2, -0.15) is 0 Å². The van der Waals surface area contributed by atoms with Crippen molar-refractivity contribution in [3.8, 4) is 5.75 Å². The lowest BCUT2D eigenvalue weighted by atomic mass is 9.77. The van der Waals surface area contributed by atoms with Gasteiger partial charge >= 0.3 is 0 Å². The standard InChI is InChI=1S/C20H22BrN3O2/c1-2-10-24-18(25)20(23-19(24)22)12-17(13-6-4-3-5-7-13)26-16-9-8-14(21)11-15(16)20/h3-6,8-9,11,13,17H,2,7,10,12H2,1H3,(H2,22,23)/t13?,17-,20+/m1/s1. The predicted molar refractivity (Wildman–Crippen MR) is 105 cm³/mol. The third kappa shape index (κ3) is 2.67. The van der Waals surface area contributed by atoms with Crippen molar-refractivity contribution in [3.05, 3.63) is 52.5 Å². The van der Waals surface area contributed by atoms with Gasteiger partial charge < -0.3 is 10.5 Å². The molecule has 0 fully saturated rings. The second-order valence-electron chi connectivity index (χ2n) is 7.00. The molecule has 0 saturated heterocycles. The zero-order valence-corrected chi connectivity index (χ0v) is 16.3. The highest BCUT2D eigenvalue weighted by Gasteiger charge is 2.54. The Morgan fingerprint density at radius 3 is 3.00 bits per heavy atom. The smallest absolute Gasteiger partial charge is 0.262 e. The molecular formula is C20H22BrN3O2. The fourth-order valence-electron chi connectivity index (χ4n) is 4.03. The molecule has 5 nitrogen and oxygen atoms in total. The average molecular weight is 416 g/mol. The largest absolute Gasteiger partial charge is 0.489 e. The van der Waals surface area contributed by atoms with Gasteiger partial charge in [0.15, 0.2) is 11.5 Å². The number of nitrogens with two attached hydrogens (primary N) is 1. The Balaban J connectivity index is 1.80. The second kappa shape index (κ2) is 6.58. The van der Waals surface area contributed by atoms with E-state index in [1.807, 2.05) is 37.3 Å².